The van der Waals surface area contributed by atoms with Gasteiger partial charge in [0.15, 0.2) is 0 Å². The maximum Gasteiger partial charge on any atom is 0.516 e. The second-order valence-corrected chi connectivity index (χ2v) is 7.71. The smallest absolute Gasteiger partial charge is 0.398 e. The van der Waals surface area contributed by atoms with E-state index in [0.29, 0.717) is 0 Å². The molecule has 0 aliphatic carbocycles. The van der Waals surface area contributed by atoms with Gasteiger partial charge in [-0.05, 0) is 56.2 Å². The minimum Gasteiger partial charge on any atom is -0.398 e. The molecule has 0 unspecified atom stereocenters. The van der Waals surface area contributed by atoms with E-state index in [4.69, 9.17) is 9.31 Å². The third kappa shape index (κ3) is 2.98. The summed E-state index contributed by atoms with van der Waals surface area (Å²) in [7, 11) is -0.414. The maximum absolute atomic E-state index is 6.07. The van der Waals surface area contributed by atoms with E-state index >= 15 is 0 Å². The Morgan fingerprint density at radius 3 is 2.32 bits per heavy atom. The predicted octanol–water partition coefficient (Wildman–Crippen LogP) is 3.38. The number of benzene rings is 2. The van der Waals surface area contributed by atoms with Crippen LogP contribution in [0.15, 0.2) is 54.7 Å². The van der Waals surface area contributed by atoms with Gasteiger partial charge in [0.25, 0.3) is 0 Å². The highest BCUT2D eigenvalue weighted by Gasteiger charge is 2.52. The molecule has 0 N–H and O–H groups in total. The molecule has 0 saturated carbocycles. The van der Waals surface area contributed by atoms with Crippen LogP contribution in [-0.2, 0) is 15.9 Å². The van der Waals surface area contributed by atoms with Crippen LogP contribution < -0.4 is 5.59 Å². The van der Waals surface area contributed by atoms with Gasteiger partial charge in [0, 0.05) is 6.20 Å². The van der Waals surface area contributed by atoms with Crippen molar-refractivity contribution in [3.8, 4) is 0 Å². The average molecular weight is 334 g/mol. The third-order valence-corrected chi connectivity index (χ3v) is 5.31. The van der Waals surface area contributed by atoms with E-state index in [0.717, 1.165) is 12.1 Å². The van der Waals surface area contributed by atoms with Gasteiger partial charge in [-0.25, -0.2) is 0 Å². The van der Waals surface area contributed by atoms with Gasteiger partial charge in [0.1, 0.15) is 0 Å². The normalized spacial score (nSPS) is 18.8. The molecule has 1 aromatic heterocycles. The van der Waals surface area contributed by atoms with Gasteiger partial charge in [0.05, 0.1) is 23.3 Å². The largest absolute Gasteiger partial charge is 0.516 e. The molecule has 1 aliphatic rings. The second kappa shape index (κ2) is 5.72. The van der Waals surface area contributed by atoms with Gasteiger partial charge in [-0.1, -0.05) is 36.4 Å². The van der Waals surface area contributed by atoms with Gasteiger partial charge in [-0.15, -0.1) is 0 Å². The average Bonchev–Trinajstić information content (AvgIpc) is 3.10. The van der Waals surface area contributed by atoms with Crippen molar-refractivity contribution in [1.82, 2.24) is 9.78 Å². The topological polar surface area (TPSA) is 36.3 Å². The van der Waals surface area contributed by atoms with Gasteiger partial charge >= 0.3 is 7.12 Å². The molecule has 4 nitrogen and oxygen atoms in total. The summed E-state index contributed by atoms with van der Waals surface area (Å²) >= 11 is 0. The predicted molar refractivity (Wildman–Crippen MR) is 101 cm³/mol. The fourth-order valence-electron chi connectivity index (χ4n) is 3.08. The van der Waals surface area contributed by atoms with Crippen LogP contribution in [0.4, 0.5) is 0 Å². The first kappa shape index (κ1) is 16.4. The second-order valence-electron chi connectivity index (χ2n) is 7.71. The van der Waals surface area contributed by atoms with E-state index in [-0.39, 0.29) is 11.2 Å². The zero-order valence-electron chi connectivity index (χ0n) is 15.2. The van der Waals surface area contributed by atoms with Crippen LogP contribution in [0.2, 0.25) is 0 Å². The van der Waals surface area contributed by atoms with Crippen molar-refractivity contribution in [3.05, 3.63) is 60.3 Å². The lowest BCUT2D eigenvalue weighted by atomic mass is 9.85. The first-order chi connectivity index (χ1) is 11.8. The molecule has 0 bridgehead atoms. The minimum absolute atomic E-state index is 0.347. The molecule has 3 aromatic rings. The highest BCUT2D eigenvalue weighted by atomic mass is 16.7. The molecule has 4 rings (SSSR count). The first-order valence-corrected chi connectivity index (χ1v) is 8.71. The van der Waals surface area contributed by atoms with E-state index in [1.807, 2.05) is 16.9 Å². The monoisotopic (exact) mass is 334 g/mol. The van der Waals surface area contributed by atoms with Crippen molar-refractivity contribution in [2.75, 3.05) is 0 Å². The number of nitrogens with zero attached hydrogens (tertiary/aromatic N) is 2. The molecule has 2 aromatic carbocycles. The Morgan fingerprint density at radius 1 is 0.920 bits per heavy atom. The number of hydrogen-bond donors (Lipinski definition) is 0. The lowest BCUT2D eigenvalue weighted by Gasteiger charge is -2.32. The molecule has 1 aliphatic heterocycles. The molecule has 0 spiro atoms. The summed E-state index contributed by atoms with van der Waals surface area (Å²) in [4.78, 5) is 0. The highest BCUT2D eigenvalue weighted by molar-refractivity contribution is 6.61. The Labute approximate surface area is 148 Å². The Balaban J connectivity index is 1.53. The number of aromatic nitrogens is 2. The molecule has 0 atom stereocenters. The van der Waals surface area contributed by atoms with Crippen LogP contribution in [-0.4, -0.2) is 28.1 Å². The SMILES string of the molecule is CC1(C)OB(c2ccn(Cc3ccc4ccccc4c3)n2)OC1(C)C. The fraction of sp³-hybridized carbons (Fsp3) is 0.350. The number of fused-ring (bicyclic) bond motifs is 1. The zero-order valence-corrected chi connectivity index (χ0v) is 15.2. The van der Waals surface area contributed by atoms with Crippen LogP contribution >= 0.6 is 0 Å². The van der Waals surface area contributed by atoms with Crippen molar-refractivity contribution in [2.24, 2.45) is 0 Å². The lowest BCUT2D eigenvalue weighted by Crippen LogP contribution is -2.41. The molecule has 128 valence electrons. The number of hydrogen-bond acceptors (Lipinski definition) is 3. The van der Waals surface area contributed by atoms with E-state index in [1.165, 1.54) is 16.3 Å². The van der Waals surface area contributed by atoms with Crippen LogP contribution in [0, 0.1) is 0 Å². The van der Waals surface area contributed by atoms with E-state index in [9.17, 15) is 0 Å². The van der Waals surface area contributed by atoms with Crippen LogP contribution in [0.25, 0.3) is 10.8 Å². The van der Waals surface area contributed by atoms with Gasteiger partial charge < -0.3 is 9.31 Å². The molecule has 5 heteroatoms. The van der Waals surface area contributed by atoms with Crippen LogP contribution in [0.1, 0.15) is 33.3 Å². The maximum atomic E-state index is 6.07. The van der Waals surface area contributed by atoms with Crippen molar-refractivity contribution in [3.63, 3.8) is 0 Å². The molecule has 0 amide bonds. The molecular weight excluding hydrogens is 311 g/mol. The fourth-order valence-corrected chi connectivity index (χ4v) is 3.08. The highest BCUT2D eigenvalue weighted by Crippen LogP contribution is 2.36. The summed E-state index contributed by atoms with van der Waals surface area (Å²) < 4.78 is 14.1. The quantitative estimate of drug-likeness (QED) is 0.689. The summed E-state index contributed by atoms with van der Waals surface area (Å²) in [5.74, 6) is 0. The van der Waals surface area contributed by atoms with E-state index in [1.54, 1.807) is 0 Å². The van der Waals surface area contributed by atoms with Crippen LogP contribution in [0.5, 0.6) is 0 Å². The molecule has 1 saturated heterocycles. The van der Waals surface area contributed by atoms with Crippen molar-refractivity contribution in [1.29, 1.82) is 0 Å². The molecule has 1 fully saturated rings. The zero-order chi connectivity index (χ0) is 17.7. The first-order valence-electron chi connectivity index (χ1n) is 8.71. The Kier molecular flexibility index (Phi) is 3.74. The van der Waals surface area contributed by atoms with Gasteiger partial charge in [-0.2, -0.15) is 5.10 Å². The van der Waals surface area contributed by atoms with Gasteiger partial charge in [0.2, 0.25) is 0 Å². The van der Waals surface area contributed by atoms with Crippen LogP contribution in [0.3, 0.4) is 0 Å². The Morgan fingerprint density at radius 2 is 1.60 bits per heavy atom. The van der Waals surface area contributed by atoms with E-state index < -0.39 is 7.12 Å². The summed E-state index contributed by atoms with van der Waals surface area (Å²) in [6.45, 7) is 8.95. The van der Waals surface area contributed by atoms with Crippen molar-refractivity contribution in [2.45, 2.75) is 45.4 Å². The number of rotatable bonds is 3. The van der Waals surface area contributed by atoms with Crippen molar-refractivity contribution >= 4 is 23.5 Å². The molecule has 0 radical (unpaired) electrons. The minimum atomic E-state index is -0.414. The Hall–Kier alpha value is -2.11. The Bertz CT molecular complexity index is 901. The summed E-state index contributed by atoms with van der Waals surface area (Å²) in [6.07, 6.45) is 1.98. The van der Waals surface area contributed by atoms with Gasteiger partial charge in [-0.3, -0.25) is 4.68 Å². The van der Waals surface area contributed by atoms with Crippen molar-refractivity contribution < 1.29 is 9.31 Å². The lowest BCUT2D eigenvalue weighted by molar-refractivity contribution is 0.00578. The summed E-state index contributed by atoms with van der Waals surface area (Å²) in [5.41, 5.74) is 1.35. The standard InChI is InChI=1S/C20H23BN2O2/c1-19(2)20(3,4)25-21(24-19)18-11-12-23(22-18)14-15-9-10-16-7-5-6-8-17(16)13-15/h5-13H,14H2,1-4H3. The summed E-state index contributed by atoms with van der Waals surface area (Å²) in [6, 6.07) is 16.9. The summed E-state index contributed by atoms with van der Waals surface area (Å²) in [5, 5.41) is 7.17. The molecule has 25 heavy (non-hydrogen) atoms. The molecular formula is C20H23BN2O2. The van der Waals surface area contributed by atoms with E-state index in [2.05, 4.69) is 75.3 Å². The third-order valence-electron chi connectivity index (χ3n) is 5.31. The molecule has 2 heterocycles.